The van der Waals surface area contributed by atoms with Crippen molar-refractivity contribution < 1.29 is 14.7 Å². The summed E-state index contributed by atoms with van der Waals surface area (Å²) in [6, 6.07) is -0.823. The van der Waals surface area contributed by atoms with Crippen LogP contribution in [-0.2, 0) is 9.59 Å². The molecule has 0 aliphatic carbocycles. The Hall–Kier alpha value is -0.520. The summed E-state index contributed by atoms with van der Waals surface area (Å²) in [5.41, 5.74) is 0. The Morgan fingerprint density at radius 3 is 2.29 bits per heavy atom. The van der Waals surface area contributed by atoms with Crippen molar-refractivity contribution in [1.82, 2.24) is 10.2 Å². The van der Waals surface area contributed by atoms with Gasteiger partial charge in [-0.2, -0.15) is 0 Å². The van der Waals surface area contributed by atoms with Crippen LogP contribution in [0.2, 0.25) is 0 Å². The molecule has 0 aromatic rings. The van der Waals surface area contributed by atoms with Crippen molar-refractivity contribution in [3.05, 3.63) is 0 Å². The van der Waals surface area contributed by atoms with E-state index in [-0.39, 0.29) is 6.54 Å². The number of alkyl halides is 2. The molecule has 0 radical (unpaired) electrons. The zero-order chi connectivity index (χ0) is 11.3. The van der Waals surface area contributed by atoms with E-state index in [1.165, 1.54) is 19.0 Å². The third-order valence-corrected chi connectivity index (χ3v) is 2.04. The normalized spacial score (nSPS) is 12.6. The van der Waals surface area contributed by atoms with Gasteiger partial charge in [-0.15, -0.1) is 0 Å². The molecule has 14 heavy (non-hydrogen) atoms. The number of carboxylic acid groups (broad SMARTS) is 1. The molecule has 0 aromatic carbocycles. The summed E-state index contributed by atoms with van der Waals surface area (Å²) in [6.07, 6.45) is 0. The molecule has 0 rings (SSSR count). The highest BCUT2D eigenvalue weighted by Gasteiger charge is 2.22. The Kier molecular flexibility index (Phi) is 5.83. The van der Waals surface area contributed by atoms with Gasteiger partial charge in [0, 0.05) is 13.6 Å². The zero-order valence-corrected chi connectivity index (χ0v) is 9.34. The summed E-state index contributed by atoms with van der Waals surface area (Å²) < 4.78 is 0. The molecule has 1 amide bonds. The third kappa shape index (κ3) is 4.13. The third-order valence-electron chi connectivity index (χ3n) is 1.67. The molecule has 0 bridgehead atoms. The molecule has 7 heteroatoms. The number of halogens is 2. The van der Waals surface area contributed by atoms with Gasteiger partial charge in [-0.3, -0.25) is 9.59 Å². The molecule has 0 saturated heterocycles. The van der Waals surface area contributed by atoms with E-state index < -0.39 is 22.8 Å². The van der Waals surface area contributed by atoms with Crippen molar-refractivity contribution in [1.29, 1.82) is 0 Å². The lowest BCUT2D eigenvalue weighted by Gasteiger charge is -2.21. The quantitative estimate of drug-likeness (QED) is 0.662. The lowest BCUT2D eigenvalue weighted by Crippen LogP contribution is -2.46. The van der Waals surface area contributed by atoms with E-state index in [0.717, 1.165) is 0 Å². The Morgan fingerprint density at radius 1 is 1.50 bits per heavy atom. The summed E-state index contributed by atoms with van der Waals surface area (Å²) in [7, 11) is 2.93. The molecule has 0 fully saturated rings. The number of rotatable bonds is 5. The van der Waals surface area contributed by atoms with Crippen molar-refractivity contribution in [2.45, 2.75) is 10.9 Å². The van der Waals surface area contributed by atoms with E-state index in [1.807, 2.05) is 0 Å². The van der Waals surface area contributed by atoms with E-state index in [1.54, 1.807) is 0 Å². The highest BCUT2D eigenvalue weighted by molar-refractivity contribution is 6.53. The van der Waals surface area contributed by atoms with Crippen LogP contribution in [0.5, 0.6) is 0 Å². The predicted molar refractivity (Wildman–Crippen MR) is 53.6 cm³/mol. The summed E-state index contributed by atoms with van der Waals surface area (Å²) in [4.78, 5) is 21.8. The fourth-order valence-electron chi connectivity index (χ4n) is 0.823. The molecule has 2 N–H and O–H groups in total. The van der Waals surface area contributed by atoms with Crippen molar-refractivity contribution in [3.8, 4) is 0 Å². The summed E-state index contributed by atoms with van der Waals surface area (Å²) >= 11 is 10.7. The highest BCUT2D eigenvalue weighted by atomic mass is 35.5. The topological polar surface area (TPSA) is 69.6 Å². The maximum Gasteiger partial charge on any atom is 0.322 e. The summed E-state index contributed by atoms with van der Waals surface area (Å²) in [6.45, 7) is 0.0145. The van der Waals surface area contributed by atoms with Crippen LogP contribution in [0.25, 0.3) is 0 Å². The van der Waals surface area contributed by atoms with Crippen molar-refractivity contribution in [2.75, 3.05) is 20.6 Å². The molecule has 0 saturated carbocycles. The van der Waals surface area contributed by atoms with Gasteiger partial charge < -0.3 is 15.3 Å². The standard InChI is InChI=1S/C7H12Cl2N2O3/c1-10-4(7(13)14)3-11(2)6(12)5(8)9/h4-5,10H,3H2,1-2H3,(H,13,14). The van der Waals surface area contributed by atoms with Gasteiger partial charge in [-0.1, -0.05) is 23.2 Å². The second-order valence-corrected chi connectivity index (χ2v) is 3.80. The summed E-state index contributed by atoms with van der Waals surface area (Å²) in [5.74, 6) is -1.55. The second-order valence-electron chi connectivity index (χ2n) is 2.70. The summed E-state index contributed by atoms with van der Waals surface area (Å²) in [5, 5.41) is 11.2. The monoisotopic (exact) mass is 242 g/mol. The number of carbonyl (C=O) groups is 2. The smallest absolute Gasteiger partial charge is 0.322 e. The molecule has 1 unspecified atom stereocenters. The van der Waals surface area contributed by atoms with E-state index in [2.05, 4.69) is 5.32 Å². The van der Waals surface area contributed by atoms with Crippen LogP contribution >= 0.6 is 23.2 Å². The Morgan fingerprint density at radius 2 is 2.00 bits per heavy atom. The minimum atomic E-state index is -1.16. The minimum absolute atomic E-state index is 0.0145. The van der Waals surface area contributed by atoms with Gasteiger partial charge in [-0.05, 0) is 7.05 Å². The molecule has 0 aromatic heterocycles. The molecular weight excluding hydrogens is 231 g/mol. The molecule has 0 aliphatic rings. The Labute approximate surface area is 92.0 Å². The number of amides is 1. The minimum Gasteiger partial charge on any atom is -0.480 e. The first kappa shape index (κ1) is 13.5. The van der Waals surface area contributed by atoms with Gasteiger partial charge in [0.2, 0.25) is 0 Å². The van der Waals surface area contributed by atoms with Crippen LogP contribution in [-0.4, -0.2) is 53.4 Å². The van der Waals surface area contributed by atoms with Crippen LogP contribution in [0, 0.1) is 0 Å². The van der Waals surface area contributed by atoms with Crippen molar-refractivity contribution >= 4 is 35.1 Å². The lowest BCUT2D eigenvalue weighted by molar-refractivity contribution is -0.140. The highest BCUT2D eigenvalue weighted by Crippen LogP contribution is 2.05. The van der Waals surface area contributed by atoms with Gasteiger partial charge >= 0.3 is 5.97 Å². The predicted octanol–water partition coefficient (Wildman–Crippen LogP) is -0.0789. The van der Waals surface area contributed by atoms with Crippen LogP contribution < -0.4 is 5.32 Å². The number of hydrogen-bond acceptors (Lipinski definition) is 3. The Balaban J connectivity index is 4.22. The SMILES string of the molecule is CNC(CN(C)C(=O)C(Cl)Cl)C(=O)O. The molecule has 0 heterocycles. The van der Waals surface area contributed by atoms with E-state index in [9.17, 15) is 9.59 Å². The number of nitrogens with zero attached hydrogens (tertiary/aromatic N) is 1. The number of hydrogen-bond donors (Lipinski definition) is 2. The zero-order valence-electron chi connectivity index (χ0n) is 7.83. The fourth-order valence-corrected chi connectivity index (χ4v) is 1.16. The van der Waals surface area contributed by atoms with Crippen LogP contribution in [0.15, 0.2) is 0 Å². The maximum absolute atomic E-state index is 11.2. The number of likely N-dealkylation sites (N-methyl/N-ethyl adjacent to an activating group) is 2. The molecule has 82 valence electrons. The first-order valence-electron chi connectivity index (χ1n) is 3.83. The number of nitrogens with one attached hydrogen (secondary N) is 1. The van der Waals surface area contributed by atoms with Gasteiger partial charge in [0.15, 0.2) is 4.84 Å². The van der Waals surface area contributed by atoms with Crippen LogP contribution in [0.1, 0.15) is 0 Å². The van der Waals surface area contributed by atoms with E-state index in [0.29, 0.717) is 0 Å². The van der Waals surface area contributed by atoms with Gasteiger partial charge in [0.1, 0.15) is 6.04 Å². The second kappa shape index (κ2) is 6.06. The van der Waals surface area contributed by atoms with Crippen molar-refractivity contribution in [2.24, 2.45) is 0 Å². The van der Waals surface area contributed by atoms with E-state index >= 15 is 0 Å². The lowest BCUT2D eigenvalue weighted by atomic mass is 10.3. The van der Waals surface area contributed by atoms with Gasteiger partial charge in [0.05, 0.1) is 0 Å². The number of aliphatic carboxylic acids is 1. The Bertz CT molecular complexity index is 223. The molecular formula is C7H12Cl2N2O3. The number of carbonyl (C=O) groups excluding carboxylic acids is 1. The number of carboxylic acids is 1. The average molecular weight is 243 g/mol. The van der Waals surface area contributed by atoms with E-state index in [4.69, 9.17) is 28.3 Å². The first-order chi connectivity index (χ1) is 6.40. The van der Waals surface area contributed by atoms with Gasteiger partial charge in [0.25, 0.3) is 5.91 Å². The maximum atomic E-state index is 11.2. The van der Waals surface area contributed by atoms with Crippen molar-refractivity contribution in [3.63, 3.8) is 0 Å². The molecule has 0 spiro atoms. The molecule has 0 aliphatic heterocycles. The van der Waals surface area contributed by atoms with Crippen LogP contribution in [0.4, 0.5) is 0 Å². The molecule has 5 nitrogen and oxygen atoms in total. The largest absolute Gasteiger partial charge is 0.480 e. The van der Waals surface area contributed by atoms with Gasteiger partial charge in [-0.25, -0.2) is 0 Å². The fraction of sp³-hybridized carbons (Fsp3) is 0.714. The van der Waals surface area contributed by atoms with Crippen LogP contribution in [0.3, 0.4) is 0 Å². The first-order valence-corrected chi connectivity index (χ1v) is 4.70. The average Bonchev–Trinajstić information content (AvgIpc) is 2.11. The molecule has 1 atom stereocenters.